The molecular weight excluding hydrogens is 200 g/mol. The van der Waals surface area contributed by atoms with Crippen molar-refractivity contribution in [3.8, 4) is 0 Å². The van der Waals surface area contributed by atoms with Crippen molar-refractivity contribution in [1.82, 2.24) is 20.5 Å². The number of aromatic nitrogens is 3. The summed E-state index contributed by atoms with van der Waals surface area (Å²) in [5.41, 5.74) is 0. The Labute approximate surface area is 97.2 Å². The first-order chi connectivity index (χ1) is 7.86. The number of nitrogens with zero attached hydrogens (tertiary/aromatic N) is 2. The van der Waals surface area contributed by atoms with Crippen molar-refractivity contribution in [2.24, 2.45) is 0 Å². The zero-order chi connectivity index (χ0) is 11.2. The number of H-pyrrole nitrogens is 1. The molecule has 0 bridgehead atoms. The molecule has 1 aromatic rings. The molecule has 0 saturated heterocycles. The first kappa shape index (κ1) is 11.6. The van der Waals surface area contributed by atoms with Crippen LogP contribution in [0.15, 0.2) is 6.33 Å². The Bertz CT molecular complexity index is 275. The highest BCUT2D eigenvalue weighted by atomic mass is 15.2. The van der Waals surface area contributed by atoms with Gasteiger partial charge in [-0.2, -0.15) is 5.10 Å². The van der Waals surface area contributed by atoms with Gasteiger partial charge in [0.05, 0.1) is 6.04 Å². The van der Waals surface area contributed by atoms with Crippen molar-refractivity contribution in [1.29, 1.82) is 0 Å². The van der Waals surface area contributed by atoms with Crippen molar-refractivity contribution in [2.45, 2.75) is 64.0 Å². The van der Waals surface area contributed by atoms with Gasteiger partial charge in [-0.05, 0) is 19.8 Å². The average Bonchev–Trinajstić information content (AvgIpc) is 2.74. The van der Waals surface area contributed by atoms with E-state index in [-0.39, 0.29) is 6.04 Å². The smallest absolute Gasteiger partial charge is 0.141 e. The van der Waals surface area contributed by atoms with E-state index in [2.05, 4.69) is 27.4 Å². The molecule has 1 fully saturated rings. The summed E-state index contributed by atoms with van der Waals surface area (Å²) in [4.78, 5) is 4.19. The van der Waals surface area contributed by atoms with Crippen LogP contribution in [0, 0.1) is 0 Å². The molecule has 1 saturated carbocycles. The van der Waals surface area contributed by atoms with Gasteiger partial charge in [0.25, 0.3) is 0 Å². The Kier molecular flexibility index (Phi) is 4.34. The first-order valence-corrected chi connectivity index (χ1v) is 6.47. The maximum atomic E-state index is 4.19. The van der Waals surface area contributed by atoms with Crippen LogP contribution in [-0.2, 0) is 0 Å². The van der Waals surface area contributed by atoms with E-state index in [0.29, 0.717) is 6.04 Å². The van der Waals surface area contributed by atoms with Crippen LogP contribution >= 0.6 is 0 Å². The topological polar surface area (TPSA) is 53.6 Å². The highest BCUT2D eigenvalue weighted by Crippen LogP contribution is 2.19. The van der Waals surface area contributed by atoms with Crippen LogP contribution in [0.3, 0.4) is 0 Å². The van der Waals surface area contributed by atoms with E-state index < -0.39 is 0 Å². The van der Waals surface area contributed by atoms with E-state index in [1.54, 1.807) is 6.33 Å². The molecule has 2 rings (SSSR count). The molecule has 1 unspecified atom stereocenters. The second kappa shape index (κ2) is 5.99. The number of hydrogen-bond donors (Lipinski definition) is 2. The van der Waals surface area contributed by atoms with Crippen LogP contribution in [0.2, 0.25) is 0 Å². The van der Waals surface area contributed by atoms with Crippen LogP contribution < -0.4 is 5.32 Å². The summed E-state index contributed by atoms with van der Waals surface area (Å²) in [6.45, 7) is 2.15. The molecule has 16 heavy (non-hydrogen) atoms. The summed E-state index contributed by atoms with van der Waals surface area (Å²) in [5.74, 6) is 0.946. The molecule has 0 spiro atoms. The van der Waals surface area contributed by atoms with Gasteiger partial charge in [0, 0.05) is 6.04 Å². The second-order valence-corrected chi connectivity index (χ2v) is 4.80. The molecule has 1 aromatic heterocycles. The zero-order valence-corrected chi connectivity index (χ0v) is 10.1. The lowest BCUT2D eigenvalue weighted by Crippen LogP contribution is -2.32. The molecule has 1 aliphatic rings. The third-order valence-electron chi connectivity index (χ3n) is 3.43. The zero-order valence-electron chi connectivity index (χ0n) is 10.1. The molecule has 1 heterocycles. The van der Waals surface area contributed by atoms with Crippen LogP contribution in [0.1, 0.15) is 63.7 Å². The van der Waals surface area contributed by atoms with Crippen LogP contribution in [0.4, 0.5) is 0 Å². The lowest BCUT2D eigenvalue weighted by molar-refractivity contribution is 0.357. The molecular formula is C12H22N4. The number of nitrogens with one attached hydrogen (secondary N) is 2. The molecule has 1 aliphatic carbocycles. The minimum absolute atomic E-state index is 0.284. The van der Waals surface area contributed by atoms with E-state index in [9.17, 15) is 0 Å². The number of aromatic amines is 1. The maximum Gasteiger partial charge on any atom is 0.141 e. The molecule has 0 aliphatic heterocycles. The molecule has 0 amide bonds. The highest BCUT2D eigenvalue weighted by Gasteiger charge is 2.15. The fraction of sp³-hybridized carbons (Fsp3) is 0.833. The van der Waals surface area contributed by atoms with Crippen LogP contribution in [-0.4, -0.2) is 21.2 Å². The van der Waals surface area contributed by atoms with Gasteiger partial charge in [0.2, 0.25) is 0 Å². The number of hydrogen-bond acceptors (Lipinski definition) is 3. The Hall–Kier alpha value is -0.900. The van der Waals surface area contributed by atoms with Gasteiger partial charge >= 0.3 is 0 Å². The van der Waals surface area contributed by atoms with E-state index in [1.165, 1.54) is 44.9 Å². The standard InChI is InChI=1S/C12H22N4/c1-10(12-13-9-14-16-12)15-11-7-5-3-2-4-6-8-11/h9-11,15H,2-8H2,1H3,(H,13,14,16). The molecule has 4 nitrogen and oxygen atoms in total. The Balaban J connectivity index is 1.82. The maximum absolute atomic E-state index is 4.19. The molecule has 1 atom stereocenters. The molecule has 4 heteroatoms. The van der Waals surface area contributed by atoms with E-state index in [1.807, 2.05) is 0 Å². The van der Waals surface area contributed by atoms with Crippen LogP contribution in [0.5, 0.6) is 0 Å². The van der Waals surface area contributed by atoms with Crippen molar-refractivity contribution in [2.75, 3.05) is 0 Å². The lowest BCUT2D eigenvalue weighted by Gasteiger charge is -2.24. The highest BCUT2D eigenvalue weighted by molar-refractivity contribution is 4.90. The minimum Gasteiger partial charge on any atom is -0.305 e. The van der Waals surface area contributed by atoms with Crippen LogP contribution in [0.25, 0.3) is 0 Å². The van der Waals surface area contributed by atoms with Crippen molar-refractivity contribution in [3.05, 3.63) is 12.2 Å². The first-order valence-electron chi connectivity index (χ1n) is 6.47. The van der Waals surface area contributed by atoms with Gasteiger partial charge in [0.15, 0.2) is 0 Å². The summed E-state index contributed by atoms with van der Waals surface area (Å²) in [7, 11) is 0. The van der Waals surface area contributed by atoms with Crippen molar-refractivity contribution < 1.29 is 0 Å². The third kappa shape index (κ3) is 3.30. The van der Waals surface area contributed by atoms with Gasteiger partial charge in [-0.3, -0.25) is 5.10 Å². The minimum atomic E-state index is 0.284. The quantitative estimate of drug-likeness (QED) is 0.826. The monoisotopic (exact) mass is 222 g/mol. The van der Waals surface area contributed by atoms with E-state index in [4.69, 9.17) is 0 Å². The molecule has 90 valence electrons. The Morgan fingerprint density at radius 1 is 1.25 bits per heavy atom. The summed E-state index contributed by atoms with van der Waals surface area (Å²) in [5, 5.41) is 10.5. The largest absolute Gasteiger partial charge is 0.305 e. The number of rotatable bonds is 3. The fourth-order valence-electron chi connectivity index (χ4n) is 2.48. The molecule has 0 aromatic carbocycles. The predicted octanol–water partition coefficient (Wildman–Crippen LogP) is 2.57. The lowest BCUT2D eigenvalue weighted by atomic mass is 9.96. The normalized spacial score (nSPS) is 21.3. The molecule has 0 radical (unpaired) electrons. The van der Waals surface area contributed by atoms with Gasteiger partial charge in [0.1, 0.15) is 12.2 Å². The summed E-state index contributed by atoms with van der Waals surface area (Å²) in [6, 6.07) is 0.937. The average molecular weight is 222 g/mol. The van der Waals surface area contributed by atoms with Gasteiger partial charge in [-0.15, -0.1) is 0 Å². The van der Waals surface area contributed by atoms with E-state index >= 15 is 0 Å². The fourth-order valence-corrected chi connectivity index (χ4v) is 2.48. The van der Waals surface area contributed by atoms with Gasteiger partial charge in [-0.1, -0.05) is 32.1 Å². The second-order valence-electron chi connectivity index (χ2n) is 4.80. The predicted molar refractivity (Wildman–Crippen MR) is 64.0 cm³/mol. The SMILES string of the molecule is CC(NC1CCCCCCC1)c1ncn[nH]1. The van der Waals surface area contributed by atoms with Gasteiger partial charge < -0.3 is 5.32 Å². The molecule has 2 N–H and O–H groups in total. The summed E-state index contributed by atoms with van der Waals surface area (Å²) in [6.07, 6.45) is 11.1. The van der Waals surface area contributed by atoms with Crippen molar-refractivity contribution in [3.63, 3.8) is 0 Å². The summed E-state index contributed by atoms with van der Waals surface area (Å²) < 4.78 is 0. The summed E-state index contributed by atoms with van der Waals surface area (Å²) >= 11 is 0. The Morgan fingerprint density at radius 2 is 1.94 bits per heavy atom. The third-order valence-corrected chi connectivity index (χ3v) is 3.43. The van der Waals surface area contributed by atoms with E-state index in [0.717, 1.165) is 5.82 Å². The van der Waals surface area contributed by atoms with Crippen molar-refractivity contribution >= 4 is 0 Å². The Morgan fingerprint density at radius 3 is 2.56 bits per heavy atom. The van der Waals surface area contributed by atoms with Gasteiger partial charge in [-0.25, -0.2) is 4.98 Å².